The number of carbonyl (C=O) groups excluding carboxylic acids is 4. The van der Waals surface area contributed by atoms with E-state index in [-0.39, 0.29) is 42.1 Å². The molecule has 2 fully saturated rings. The zero-order valence-electron chi connectivity index (χ0n) is 25.4. The average Bonchev–Trinajstić information content (AvgIpc) is 3.34. The third-order valence-electron chi connectivity index (χ3n) is 11.0. The molecule has 1 saturated heterocycles. The van der Waals surface area contributed by atoms with Gasteiger partial charge in [-0.05, 0) is 59.7 Å². The zero-order chi connectivity index (χ0) is 31.7. The predicted octanol–water partition coefficient (Wildman–Crippen LogP) is 6.39. The highest BCUT2D eigenvalue weighted by atomic mass is 16.3. The number of benzene rings is 4. The van der Waals surface area contributed by atoms with Crippen LogP contribution in [-0.2, 0) is 24.6 Å². The Labute approximate surface area is 267 Å². The average molecular weight is 608 g/mol. The van der Waals surface area contributed by atoms with E-state index in [2.05, 4.69) is 0 Å². The molecule has 1 aliphatic heterocycles. The highest BCUT2D eigenvalue weighted by molar-refractivity contribution is 6.31. The summed E-state index contributed by atoms with van der Waals surface area (Å²) in [6, 6.07) is 30.0. The van der Waals surface area contributed by atoms with E-state index in [9.17, 15) is 19.5 Å². The topological polar surface area (TPSA) is 91.8 Å². The Bertz CT molecular complexity index is 2010. The van der Waals surface area contributed by atoms with Crippen LogP contribution in [0.4, 0.5) is 0 Å². The number of amides is 2. The van der Waals surface area contributed by atoms with Crippen LogP contribution in [0.2, 0.25) is 0 Å². The number of fused-ring (bicyclic) bond motifs is 5. The van der Waals surface area contributed by atoms with E-state index >= 15 is 4.79 Å². The second kappa shape index (κ2) is 10.5. The quantitative estimate of drug-likeness (QED) is 0.215. The molecular formula is C40H33NO5. The van der Waals surface area contributed by atoms with E-state index in [0.717, 1.165) is 16.3 Å². The third kappa shape index (κ3) is 3.76. The van der Waals surface area contributed by atoms with Crippen LogP contribution in [0.25, 0.3) is 16.3 Å². The summed E-state index contributed by atoms with van der Waals surface area (Å²) in [6.07, 6.45) is 4.15. The fourth-order valence-electron chi connectivity index (χ4n) is 9.15. The summed E-state index contributed by atoms with van der Waals surface area (Å²) in [6.45, 7) is 2.09. The van der Waals surface area contributed by atoms with Gasteiger partial charge in [-0.1, -0.05) is 103 Å². The standard InChI is InChI=1S/C40H33NO5/c1-2-41-38(45)28-19-18-27-30(34(28)39(41)46)21-31-37(44)29(23-11-5-3-6-12-23)22-33(43)40(31,25-14-7-4-8-15-25)36(27)35-26-16-10-9-13-24(26)17-20-32(35)42/h3-18,20,22,28,30-31,34,36,42H,2,19,21H2,1H3. The second-order valence-electron chi connectivity index (χ2n) is 12.9. The van der Waals surface area contributed by atoms with Crippen molar-refractivity contribution in [2.24, 2.45) is 23.7 Å². The van der Waals surface area contributed by atoms with Crippen molar-refractivity contribution in [2.45, 2.75) is 31.1 Å². The van der Waals surface area contributed by atoms with Gasteiger partial charge < -0.3 is 5.11 Å². The van der Waals surface area contributed by atoms with Gasteiger partial charge in [0.05, 0.1) is 17.3 Å². The molecule has 3 aliphatic carbocycles. The fourth-order valence-corrected chi connectivity index (χ4v) is 9.15. The maximum Gasteiger partial charge on any atom is 0.233 e. The van der Waals surface area contributed by atoms with Gasteiger partial charge in [0.1, 0.15) is 5.75 Å². The number of rotatable bonds is 4. The van der Waals surface area contributed by atoms with Gasteiger partial charge >= 0.3 is 0 Å². The first kappa shape index (κ1) is 28.4. The molecule has 228 valence electrons. The molecule has 4 aromatic rings. The SMILES string of the molecule is CCN1C(=O)C2CC=C3C(CC4C(=O)C(c5ccccc5)=CC(=O)C4(c4ccccc4)C3c3c(O)ccc4ccccc34)C2C1=O. The summed E-state index contributed by atoms with van der Waals surface area (Å²) in [5.74, 6) is -3.91. The Hall–Kier alpha value is -5.10. The van der Waals surface area contributed by atoms with Crippen LogP contribution in [0.1, 0.15) is 42.4 Å². The minimum atomic E-state index is -1.39. The summed E-state index contributed by atoms with van der Waals surface area (Å²) < 4.78 is 0. The smallest absolute Gasteiger partial charge is 0.233 e. The lowest BCUT2D eigenvalue weighted by molar-refractivity contribution is -0.140. The van der Waals surface area contributed by atoms with E-state index in [0.29, 0.717) is 28.7 Å². The molecule has 4 aliphatic rings. The van der Waals surface area contributed by atoms with Crippen molar-refractivity contribution in [1.29, 1.82) is 0 Å². The number of phenols is 1. The lowest BCUT2D eigenvalue weighted by Crippen LogP contribution is -2.58. The Morgan fingerprint density at radius 1 is 0.804 bits per heavy atom. The number of allylic oxidation sites excluding steroid dienone is 4. The molecular weight excluding hydrogens is 574 g/mol. The van der Waals surface area contributed by atoms with Gasteiger partial charge in [-0.15, -0.1) is 0 Å². The molecule has 0 radical (unpaired) electrons. The normalized spacial score (nSPS) is 28.8. The minimum Gasteiger partial charge on any atom is -0.508 e. The fraction of sp³-hybridized carbons (Fsp3) is 0.250. The zero-order valence-corrected chi connectivity index (χ0v) is 25.4. The third-order valence-corrected chi connectivity index (χ3v) is 11.0. The largest absolute Gasteiger partial charge is 0.508 e. The van der Waals surface area contributed by atoms with Gasteiger partial charge in [0.25, 0.3) is 0 Å². The lowest BCUT2D eigenvalue weighted by Gasteiger charge is -2.55. The van der Waals surface area contributed by atoms with E-state index in [1.165, 1.54) is 11.0 Å². The molecule has 1 heterocycles. The summed E-state index contributed by atoms with van der Waals surface area (Å²) in [4.78, 5) is 58.9. The predicted molar refractivity (Wildman–Crippen MR) is 175 cm³/mol. The number of aromatic hydroxyl groups is 1. The van der Waals surface area contributed by atoms with Crippen molar-refractivity contribution in [2.75, 3.05) is 6.54 Å². The van der Waals surface area contributed by atoms with Gasteiger partial charge in [-0.2, -0.15) is 0 Å². The van der Waals surface area contributed by atoms with Gasteiger partial charge in [0.2, 0.25) is 11.8 Å². The highest BCUT2D eigenvalue weighted by Gasteiger charge is 2.66. The molecule has 6 nitrogen and oxygen atoms in total. The van der Waals surface area contributed by atoms with Gasteiger partial charge in [0, 0.05) is 29.5 Å². The maximum absolute atomic E-state index is 15.2. The van der Waals surface area contributed by atoms with Crippen molar-refractivity contribution in [3.05, 3.63) is 131 Å². The summed E-state index contributed by atoms with van der Waals surface area (Å²) in [5.41, 5.74) is 1.76. The Kier molecular flexibility index (Phi) is 6.47. The molecule has 8 rings (SSSR count). The number of Topliss-reactive ketones (excluding diaryl/α,β-unsaturated/α-hetero) is 1. The van der Waals surface area contributed by atoms with Crippen LogP contribution in [0.5, 0.6) is 5.75 Å². The van der Waals surface area contributed by atoms with Crippen molar-refractivity contribution in [3.63, 3.8) is 0 Å². The van der Waals surface area contributed by atoms with Crippen LogP contribution in [-0.4, -0.2) is 39.9 Å². The van der Waals surface area contributed by atoms with Crippen molar-refractivity contribution in [1.82, 2.24) is 4.90 Å². The molecule has 6 unspecified atom stereocenters. The van der Waals surface area contributed by atoms with E-state index in [4.69, 9.17) is 0 Å². The number of hydrogen-bond donors (Lipinski definition) is 1. The molecule has 46 heavy (non-hydrogen) atoms. The van der Waals surface area contributed by atoms with E-state index < -0.39 is 35.0 Å². The van der Waals surface area contributed by atoms with Gasteiger partial charge in [0.15, 0.2) is 11.6 Å². The van der Waals surface area contributed by atoms with Gasteiger partial charge in [-0.3, -0.25) is 24.1 Å². The maximum atomic E-state index is 15.2. The summed E-state index contributed by atoms with van der Waals surface area (Å²) in [7, 11) is 0. The molecule has 0 spiro atoms. The summed E-state index contributed by atoms with van der Waals surface area (Å²) in [5, 5.41) is 13.5. The Morgan fingerprint density at radius 3 is 2.24 bits per heavy atom. The van der Waals surface area contributed by atoms with Crippen LogP contribution < -0.4 is 0 Å². The molecule has 1 N–H and O–H groups in total. The Balaban J connectivity index is 1.46. The number of phenolic OH excluding ortho intramolecular Hbond substituents is 1. The molecule has 6 heteroatoms. The van der Waals surface area contributed by atoms with Gasteiger partial charge in [-0.25, -0.2) is 0 Å². The minimum absolute atomic E-state index is 0.0310. The molecule has 2 amide bonds. The molecule has 0 bridgehead atoms. The molecule has 0 aromatic heterocycles. The molecule has 1 saturated carbocycles. The number of imide groups is 1. The van der Waals surface area contributed by atoms with E-state index in [1.54, 1.807) is 13.0 Å². The van der Waals surface area contributed by atoms with Crippen molar-refractivity contribution < 1.29 is 24.3 Å². The highest BCUT2D eigenvalue weighted by Crippen LogP contribution is 2.65. The monoisotopic (exact) mass is 607 g/mol. The van der Waals surface area contributed by atoms with Crippen molar-refractivity contribution >= 4 is 39.7 Å². The van der Waals surface area contributed by atoms with Crippen LogP contribution in [0.3, 0.4) is 0 Å². The first-order valence-corrected chi connectivity index (χ1v) is 16.0. The molecule has 4 aromatic carbocycles. The number of nitrogens with zero attached hydrogens (tertiary/aromatic N) is 1. The van der Waals surface area contributed by atoms with E-state index in [1.807, 2.05) is 97.1 Å². The van der Waals surface area contributed by atoms with Crippen LogP contribution in [0.15, 0.2) is 115 Å². The van der Waals surface area contributed by atoms with Crippen molar-refractivity contribution in [3.8, 4) is 5.75 Å². The van der Waals surface area contributed by atoms with Crippen LogP contribution in [0, 0.1) is 23.7 Å². The Morgan fingerprint density at radius 2 is 1.50 bits per heavy atom. The first-order valence-electron chi connectivity index (χ1n) is 16.0. The number of ketones is 2. The number of hydrogen-bond acceptors (Lipinski definition) is 5. The number of carbonyl (C=O) groups is 4. The second-order valence-corrected chi connectivity index (χ2v) is 12.9. The first-order chi connectivity index (χ1) is 22.4. The summed E-state index contributed by atoms with van der Waals surface area (Å²) >= 11 is 0. The lowest BCUT2D eigenvalue weighted by atomic mass is 9.44. The molecule has 6 atom stereocenters. The van der Waals surface area contributed by atoms with Crippen LogP contribution >= 0.6 is 0 Å². The number of likely N-dealkylation sites (tertiary alicyclic amines) is 1.